The molecule has 1 atom stereocenters. The third-order valence-corrected chi connectivity index (χ3v) is 5.88. The van der Waals surface area contributed by atoms with Crippen LogP contribution < -0.4 is 5.32 Å². The number of ether oxygens (including phenoxy) is 2. The van der Waals surface area contributed by atoms with Gasteiger partial charge in [0, 0.05) is 24.3 Å². The van der Waals surface area contributed by atoms with Crippen molar-refractivity contribution in [3.05, 3.63) is 70.9 Å². The maximum Gasteiger partial charge on any atom is 0.358 e. The van der Waals surface area contributed by atoms with Crippen LogP contribution in [0.15, 0.2) is 48.5 Å². The number of hydrogen-bond acceptors (Lipinski definition) is 5. The van der Waals surface area contributed by atoms with Gasteiger partial charge in [-0.1, -0.05) is 12.1 Å². The Morgan fingerprint density at radius 2 is 1.91 bits per heavy atom. The minimum absolute atomic E-state index is 0.0964. The summed E-state index contributed by atoms with van der Waals surface area (Å²) in [6.45, 7) is 7.43. The molecular formula is C26H29N3O4. The molecule has 33 heavy (non-hydrogen) atoms. The lowest BCUT2D eigenvalue weighted by Crippen LogP contribution is -2.31. The van der Waals surface area contributed by atoms with Crippen molar-refractivity contribution < 1.29 is 19.1 Å². The highest BCUT2D eigenvalue weighted by Gasteiger charge is 2.19. The van der Waals surface area contributed by atoms with E-state index in [9.17, 15) is 9.59 Å². The van der Waals surface area contributed by atoms with Gasteiger partial charge in [-0.05, 0) is 81.1 Å². The van der Waals surface area contributed by atoms with E-state index in [0.717, 1.165) is 42.0 Å². The van der Waals surface area contributed by atoms with Crippen molar-refractivity contribution in [3.8, 4) is 16.9 Å². The van der Waals surface area contributed by atoms with Gasteiger partial charge in [0.1, 0.15) is 0 Å². The first kappa shape index (κ1) is 22.7. The third-order valence-electron chi connectivity index (χ3n) is 5.88. The summed E-state index contributed by atoms with van der Waals surface area (Å²) in [7, 11) is 0. The predicted octanol–water partition coefficient (Wildman–Crippen LogP) is 4.24. The molecule has 7 nitrogen and oxygen atoms in total. The average molecular weight is 448 g/mol. The number of esters is 1. The van der Waals surface area contributed by atoms with Gasteiger partial charge in [-0.3, -0.25) is 4.79 Å². The van der Waals surface area contributed by atoms with Gasteiger partial charge in [-0.2, -0.15) is 5.10 Å². The topological polar surface area (TPSA) is 82.5 Å². The van der Waals surface area contributed by atoms with E-state index in [2.05, 4.69) is 30.3 Å². The standard InChI is InChI=1S/C26H29N3O4/c1-4-32-26(31)23-15-24(20-8-7-17(2)18(3)14-20)29(28-23)21-11-9-19(10-12-21)25(30)27-16-22-6-5-13-33-22/h7-12,14-15,22H,4-6,13,16H2,1-3H3,(H,27,30). The van der Waals surface area contributed by atoms with E-state index in [1.165, 1.54) is 5.56 Å². The predicted molar refractivity (Wildman–Crippen MR) is 126 cm³/mol. The van der Waals surface area contributed by atoms with Crippen molar-refractivity contribution >= 4 is 11.9 Å². The van der Waals surface area contributed by atoms with Crippen molar-refractivity contribution in [2.75, 3.05) is 19.8 Å². The molecule has 1 aromatic heterocycles. The van der Waals surface area contributed by atoms with Crippen LogP contribution >= 0.6 is 0 Å². The van der Waals surface area contributed by atoms with E-state index >= 15 is 0 Å². The summed E-state index contributed by atoms with van der Waals surface area (Å²) in [4.78, 5) is 24.9. The highest BCUT2D eigenvalue weighted by molar-refractivity contribution is 5.94. The molecule has 0 spiro atoms. The number of aryl methyl sites for hydroxylation is 2. The minimum Gasteiger partial charge on any atom is -0.461 e. The molecule has 2 aromatic carbocycles. The summed E-state index contributed by atoms with van der Waals surface area (Å²) in [5, 5.41) is 7.45. The number of aromatic nitrogens is 2. The molecule has 1 fully saturated rings. The second-order valence-corrected chi connectivity index (χ2v) is 8.24. The molecule has 7 heteroatoms. The van der Waals surface area contributed by atoms with E-state index in [-0.39, 0.29) is 24.3 Å². The SMILES string of the molecule is CCOC(=O)c1cc(-c2ccc(C)c(C)c2)n(-c2ccc(C(=O)NCC3CCCO3)cc2)n1. The fraction of sp³-hybridized carbons (Fsp3) is 0.346. The van der Waals surface area contributed by atoms with Gasteiger partial charge in [-0.25, -0.2) is 9.48 Å². The molecule has 4 rings (SSSR count). The molecule has 1 aliphatic rings. The first-order valence-electron chi connectivity index (χ1n) is 11.3. The lowest BCUT2D eigenvalue weighted by molar-refractivity contribution is 0.0519. The van der Waals surface area contributed by atoms with Crippen molar-refractivity contribution in [2.24, 2.45) is 0 Å². The Balaban J connectivity index is 1.61. The summed E-state index contributed by atoms with van der Waals surface area (Å²) in [6, 6.07) is 15.0. The number of nitrogens with zero attached hydrogens (tertiary/aromatic N) is 2. The van der Waals surface area contributed by atoms with Gasteiger partial charge in [0.15, 0.2) is 5.69 Å². The van der Waals surface area contributed by atoms with Crippen LogP contribution in [0.3, 0.4) is 0 Å². The van der Waals surface area contributed by atoms with Crippen molar-refractivity contribution in [1.29, 1.82) is 0 Å². The second kappa shape index (κ2) is 10.0. The molecule has 1 N–H and O–H groups in total. The molecule has 1 amide bonds. The van der Waals surface area contributed by atoms with E-state index in [1.54, 1.807) is 29.8 Å². The molecule has 0 radical (unpaired) electrons. The first-order chi connectivity index (χ1) is 16.0. The van der Waals surface area contributed by atoms with Crippen LogP contribution in [-0.2, 0) is 9.47 Å². The maximum absolute atomic E-state index is 12.5. The molecule has 1 aliphatic heterocycles. The van der Waals surface area contributed by atoms with E-state index in [4.69, 9.17) is 9.47 Å². The van der Waals surface area contributed by atoms with Gasteiger partial charge in [0.25, 0.3) is 5.91 Å². The van der Waals surface area contributed by atoms with Gasteiger partial charge in [0.2, 0.25) is 0 Å². The maximum atomic E-state index is 12.5. The highest BCUT2D eigenvalue weighted by Crippen LogP contribution is 2.26. The second-order valence-electron chi connectivity index (χ2n) is 8.24. The summed E-state index contributed by atoms with van der Waals surface area (Å²) in [5.74, 6) is -0.606. The van der Waals surface area contributed by atoms with Crippen molar-refractivity contribution in [2.45, 2.75) is 39.7 Å². The van der Waals surface area contributed by atoms with Gasteiger partial charge < -0.3 is 14.8 Å². The number of benzene rings is 2. The molecule has 0 aliphatic carbocycles. The fourth-order valence-corrected chi connectivity index (χ4v) is 3.86. The number of hydrogen-bond donors (Lipinski definition) is 1. The molecule has 1 saturated heterocycles. The van der Waals surface area contributed by atoms with Crippen LogP contribution in [0.1, 0.15) is 51.7 Å². The Hall–Kier alpha value is -3.45. The number of carbonyl (C=O) groups excluding carboxylic acids is 2. The minimum atomic E-state index is -0.466. The molecule has 0 saturated carbocycles. The Labute approximate surface area is 193 Å². The summed E-state index contributed by atoms with van der Waals surface area (Å²) >= 11 is 0. The lowest BCUT2D eigenvalue weighted by Gasteiger charge is -2.12. The summed E-state index contributed by atoms with van der Waals surface area (Å²) < 4.78 is 12.4. The quantitative estimate of drug-likeness (QED) is 0.548. The van der Waals surface area contributed by atoms with Crippen LogP contribution in [0, 0.1) is 13.8 Å². The van der Waals surface area contributed by atoms with Crippen LogP contribution in [0.25, 0.3) is 16.9 Å². The van der Waals surface area contributed by atoms with Crippen LogP contribution in [-0.4, -0.2) is 47.5 Å². The molecule has 2 heterocycles. The Morgan fingerprint density at radius 1 is 1.12 bits per heavy atom. The monoisotopic (exact) mass is 447 g/mol. The number of nitrogens with one attached hydrogen (secondary N) is 1. The Morgan fingerprint density at radius 3 is 2.58 bits per heavy atom. The average Bonchev–Trinajstić information content (AvgIpc) is 3.50. The third kappa shape index (κ3) is 5.14. The van der Waals surface area contributed by atoms with Crippen LogP contribution in [0.2, 0.25) is 0 Å². The molecule has 0 bridgehead atoms. The van der Waals surface area contributed by atoms with Crippen molar-refractivity contribution in [1.82, 2.24) is 15.1 Å². The van der Waals surface area contributed by atoms with Gasteiger partial charge >= 0.3 is 5.97 Å². The Kier molecular flexibility index (Phi) is 6.89. The Bertz CT molecular complexity index is 1140. The van der Waals surface area contributed by atoms with Crippen LogP contribution in [0.4, 0.5) is 0 Å². The molecule has 3 aromatic rings. The molecule has 172 valence electrons. The smallest absolute Gasteiger partial charge is 0.358 e. The normalized spacial score (nSPS) is 15.4. The summed E-state index contributed by atoms with van der Waals surface area (Å²) in [5.41, 5.74) is 5.60. The first-order valence-corrected chi connectivity index (χ1v) is 11.3. The molecular weight excluding hydrogens is 418 g/mol. The van der Waals surface area contributed by atoms with Crippen molar-refractivity contribution in [3.63, 3.8) is 0 Å². The van der Waals surface area contributed by atoms with Gasteiger partial charge in [-0.15, -0.1) is 0 Å². The number of amides is 1. The zero-order valence-electron chi connectivity index (χ0n) is 19.3. The summed E-state index contributed by atoms with van der Waals surface area (Å²) in [6.07, 6.45) is 2.11. The van der Waals surface area contributed by atoms with E-state index in [0.29, 0.717) is 12.1 Å². The largest absolute Gasteiger partial charge is 0.461 e. The number of carbonyl (C=O) groups is 2. The lowest BCUT2D eigenvalue weighted by atomic mass is 10.0. The zero-order valence-corrected chi connectivity index (χ0v) is 19.3. The van der Waals surface area contributed by atoms with E-state index < -0.39 is 5.97 Å². The molecule has 1 unspecified atom stereocenters. The zero-order chi connectivity index (χ0) is 23.4. The number of rotatable bonds is 7. The fourth-order valence-electron chi connectivity index (χ4n) is 3.86. The van der Waals surface area contributed by atoms with Gasteiger partial charge in [0.05, 0.1) is 24.1 Å². The highest BCUT2D eigenvalue weighted by atomic mass is 16.5. The van der Waals surface area contributed by atoms with E-state index in [1.807, 2.05) is 24.3 Å². The van der Waals surface area contributed by atoms with Crippen LogP contribution in [0.5, 0.6) is 0 Å².